The minimum atomic E-state index is -1.04. The van der Waals surface area contributed by atoms with E-state index in [2.05, 4.69) is 12.2 Å². The van der Waals surface area contributed by atoms with Crippen LogP contribution < -0.4 is 5.32 Å². The van der Waals surface area contributed by atoms with Gasteiger partial charge in [-0.05, 0) is 109 Å². The van der Waals surface area contributed by atoms with Gasteiger partial charge in [0.15, 0.2) is 5.78 Å². The highest BCUT2D eigenvalue weighted by Crippen LogP contribution is 2.63. The predicted octanol–water partition coefficient (Wildman–Crippen LogP) is 5.90. The molecule has 2 aromatic carbocycles. The first-order valence-corrected chi connectivity index (χ1v) is 13.6. The molecule has 1 amide bonds. The molecule has 0 aliphatic heterocycles. The van der Waals surface area contributed by atoms with Crippen molar-refractivity contribution >= 4 is 23.3 Å². The van der Waals surface area contributed by atoms with Gasteiger partial charge in [0, 0.05) is 23.6 Å². The average Bonchev–Trinajstić information content (AvgIpc) is 3.22. The molecule has 2 fully saturated rings. The van der Waals surface area contributed by atoms with Crippen molar-refractivity contribution in [2.75, 3.05) is 5.32 Å². The topological polar surface area (TPSA) is 104 Å². The lowest BCUT2D eigenvalue weighted by Gasteiger charge is -2.52. The Balaban J connectivity index is 1.33. The SMILES string of the molecule is C[C@]12CC(c3ccc(C(=O)Nc4cccc(C(=O)O)c4)cc3)C3=C4CCC(=O)C=C4CCC3C1CC[C@@H]2O. The normalized spacial score (nSPS) is 30.2. The summed E-state index contributed by atoms with van der Waals surface area (Å²) >= 11 is 0. The van der Waals surface area contributed by atoms with E-state index < -0.39 is 5.97 Å². The van der Waals surface area contributed by atoms with Crippen LogP contribution in [0.1, 0.15) is 84.1 Å². The van der Waals surface area contributed by atoms with Crippen LogP contribution in [0.25, 0.3) is 0 Å². The molecular formula is C32H33NO5. The number of carboxylic acid groups (broad SMARTS) is 1. The van der Waals surface area contributed by atoms with E-state index in [4.69, 9.17) is 0 Å². The van der Waals surface area contributed by atoms with Gasteiger partial charge in [0.2, 0.25) is 0 Å². The Labute approximate surface area is 222 Å². The first-order chi connectivity index (χ1) is 18.2. The van der Waals surface area contributed by atoms with Gasteiger partial charge >= 0.3 is 5.97 Å². The maximum Gasteiger partial charge on any atom is 0.335 e. The molecule has 4 aliphatic carbocycles. The molecule has 0 saturated heterocycles. The van der Waals surface area contributed by atoms with E-state index >= 15 is 0 Å². The second-order valence-electron chi connectivity index (χ2n) is 11.6. The van der Waals surface area contributed by atoms with Crippen molar-refractivity contribution < 1.29 is 24.6 Å². The summed E-state index contributed by atoms with van der Waals surface area (Å²) in [5.74, 6) is -0.0962. The number of anilines is 1. The molecule has 2 aromatic rings. The number of amides is 1. The van der Waals surface area contributed by atoms with Crippen molar-refractivity contribution in [3.8, 4) is 0 Å². The molecule has 3 N–H and O–H groups in total. The summed E-state index contributed by atoms with van der Waals surface area (Å²) in [6.07, 6.45) is 7.64. The molecule has 6 heteroatoms. The molecule has 196 valence electrons. The van der Waals surface area contributed by atoms with Gasteiger partial charge in [0.25, 0.3) is 5.91 Å². The number of fused-ring (bicyclic) bond motifs is 4. The highest BCUT2D eigenvalue weighted by atomic mass is 16.4. The van der Waals surface area contributed by atoms with Crippen molar-refractivity contribution in [1.29, 1.82) is 0 Å². The Kier molecular flexibility index (Phi) is 6.10. The van der Waals surface area contributed by atoms with E-state index in [1.54, 1.807) is 12.1 Å². The summed E-state index contributed by atoms with van der Waals surface area (Å²) in [5, 5.41) is 23.1. The molecular weight excluding hydrogens is 478 g/mol. The van der Waals surface area contributed by atoms with Crippen molar-refractivity contribution in [2.24, 2.45) is 17.3 Å². The molecule has 2 saturated carbocycles. The zero-order chi connectivity index (χ0) is 26.6. The van der Waals surface area contributed by atoms with Gasteiger partial charge in [0.1, 0.15) is 0 Å². The van der Waals surface area contributed by atoms with Crippen molar-refractivity contribution in [3.63, 3.8) is 0 Å². The number of aliphatic hydroxyl groups excluding tert-OH is 1. The number of hydrogen-bond donors (Lipinski definition) is 3. The van der Waals surface area contributed by atoms with Crippen molar-refractivity contribution in [3.05, 3.63) is 88.0 Å². The fourth-order valence-electron chi connectivity index (χ4n) is 7.73. The minimum Gasteiger partial charge on any atom is -0.478 e. The Hall–Kier alpha value is -3.51. The minimum absolute atomic E-state index is 0.116. The quantitative estimate of drug-likeness (QED) is 0.474. The monoisotopic (exact) mass is 511 g/mol. The lowest BCUT2D eigenvalue weighted by Crippen LogP contribution is -2.45. The smallest absolute Gasteiger partial charge is 0.335 e. The zero-order valence-corrected chi connectivity index (χ0v) is 21.6. The number of carbonyl (C=O) groups excluding carboxylic acids is 2. The highest BCUT2D eigenvalue weighted by Gasteiger charge is 2.56. The van der Waals surface area contributed by atoms with Gasteiger partial charge < -0.3 is 15.5 Å². The van der Waals surface area contributed by atoms with Gasteiger partial charge in [-0.2, -0.15) is 0 Å². The highest BCUT2D eigenvalue weighted by molar-refractivity contribution is 6.04. The summed E-state index contributed by atoms with van der Waals surface area (Å²) in [4.78, 5) is 36.4. The second-order valence-corrected chi connectivity index (χ2v) is 11.6. The van der Waals surface area contributed by atoms with Gasteiger partial charge in [0.05, 0.1) is 11.7 Å². The van der Waals surface area contributed by atoms with Crippen LogP contribution in [0.4, 0.5) is 5.69 Å². The van der Waals surface area contributed by atoms with E-state index in [0.717, 1.165) is 44.1 Å². The molecule has 0 spiro atoms. The third-order valence-electron chi connectivity index (χ3n) is 9.62. The number of aromatic carboxylic acids is 1. The van der Waals surface area contributed by atoms with Crippen LogP contribution in [0.15, 0.2) is 71.3 Å². The molecule has 3 unspecified atom stereocenters. The third-order valence-corrected chi connectivity index (χ3v) is 9.62. The fourth-order valence-corrected chi connectivity index (χ4v) is 7.73. The average molecular weight is 512 g/mol. The molecule has 4 aliphatic rings. The first-order valence-electron chi connectivity index (χ1n) is 13.6. The first kappa shape index (κ1) is 24.8. The molecule has 6 rings (SSSR count). The Morgan fingerprint density at radius 3 is 2.53 bits per heavy atom. The molecule has 6 nitrogen and oxygen atoms in total. The standard InChI is InChI=1S/C32H33NO5/c1-32-17-26(18-5-7-19(8-6-18)30(36)33-22-4-2-3-21(15-22)31(37)38)29-24-12-10-23(34)16-20(24)9-11-25(29)27(32)13-14-28(32)35/h2-8,15-16,25-28,35H,9-14,17H2,1H3,(H,33,36)(H,37,38)/t25?,26?,27?,28-,32-/m0/s1. The summed E-state index contributed by atoms with van der Waals surface area (Å²) in [5.41, 5.74) is 6.09. The Morgan fingerprint density at radius 1 is 0.974 bits per heavy atom. The van der Waals surface area contributed by atoms with Crippen LogP contribution in [-0.4, -0.2) is 34.0 Å². The van der Waals surface area contributed by atoms with Gasteiger partial charge in [-0.15, -0.1) is 0 Å². The van der Waals surface area contributed by atoms with Crippen LogP contribution >= 0.6 is 0 Å². The number of nitrogens with one attached hydrogen (secondary N) is 1. The molecule has 0 radical (unpaired) electrons. The van der Waals surface area contributed by atoms with Gasteiger partial charge in [-0.1, -0.05) is 30.7 Å². The van der Waals surface area contributed by atoms with E-state index in [1.165, 1.54) is 28.9 Å². The summed E-state index contributed by atoms with van der Waals surface area (Å²) in [6.45, 7) is 2.26. The number of rotatable bonds is 4. The number of hydrogen-bond acceptors (Lipinski definition) is 4. The molecule has 0 heterocycles. The summed E-state index contributed by atoms with van der Waals surface area (Å²) in [6, 6.07) is 13.9. The second kappa shape index (κ2) is 9.35. The molecule has 5 atom stereocenters. The summed E-state index contributed by atoms with van der Waals surface area (Å²) < 4.78 is 0. The van der Waals surface area contributed by atoms with Gasteiger partial charge in [-0.3, -0.25) is 9.59 Å². The number of aliphatic hydroxyl groups is 1. The number of allylic oxidation sites excluding steroid dienone is 4. The lowest BCUT2D eigenvalue weighted by molar-refractivity contribution is -0.114. The maximum atomic E-state index is 12.9. The number of benzene rings is 2. The largest absolute Gasteiger partial charge is 0.478 e. The predicted molar refractivity (Wildman–Crippen MR) is 144 cm³/mol. The number of ketones is 1. The maximum absolute atomic E-state index is 12.9. The van der Waals surface area contributed by atoms with Crippen LogP contribution in [0, 0.1) is 17.3 Å². The van der Waals surface area contributed by atoms with E-state index in [-0.39, 0.29) is 34.7 Å². The lowest BCUT2D eigenvalue weighted by atomic mass is 9.53. The van der Waals surface area contributed by atoms with E-state index in [0.29, 0.717) is 29.5 Å². The Bertz CT molecular complexity index is 1390. The van der Waals surface area contributed by atoms with Crippen LogP contribution in [0.2, 0.25) is 0 Å². The van der Waals surface area contributed by atoms with Crippen LogP contribution in [-0.2, 0) is 4.79 Å². The summed E-state index contributed by atoms with van der Waals surface area (Å²) in [7, 11) is 0. The van der Waals surface area contributed by atoms with Crippen LogP contribution in [0.3, 0.4) is 0 Å². The number of carbonyl (C=O) groups is 3. The van der Waals surface area contributed by atoms with Crippen molar-refractivity contribution in [2.45, 2.75) is 63.9 Å². The van der Waals surface area contributed by atoms with Crippen LogP contribution in [0.5, 0.6) is 0 Å². The number of carboxylic acids is 1. The molecule has 0 aromatic heterocycles. The van der Waals surface area contributed by atoms with Crippen molar-refractivity contribution in [1.82, 2.24) is 0 Å². The fraction of sp³-hybridized carbons (Fsp3) is 0.406. The zero-order valence-electron chi connectivity index (χ0n) is 21.6. The Morgan fingerprint density at radius 2 is 1.76 bits per heavy atom. The van der Waals surface area contributed by atoms with Gasteiger partial charge in [-0.25, -0.2) is 4.79 Å². The van der Waals surface area contributed by atoms with E-state index in [9.17, 15) is 24.6 Å². The van der Waals surface area contributed by atoms with E-state index in [1.807, 2.05) is 30.3 Å². The molecule has 0 bridgehead atoms. The molecule has 38 heavy (non-hydrogen) atoms. The third kappa shape index (κ3) is 4.11.